The minimum absolute atomic E-state index is 0.416. The minimum Gasteiger partial charge on any atom is -0.384 e. The standard InChI is InChI=1S/C14H20ClN3O/c1-10-6-12-14(16-7-10)18(8-11(2)9-19-3)13(17-12)4-5-15/h6-7,11H,4-5,8-9H2,1-3H3. The summed E-state index contributed by atoms with van der Waals surface area (Å²) in [6.07, 6.45) is 2.64. The van der Waals surface area contributed by atoms with Crippen LogP contribution < -0.4 is 0 Å². The Balaban J connectivity index is 2.39. The Kier molecular flexibility index (Phi) is 4.77. The highest BCUT2D eigenvalue weighted by Gasteiger charge is 2.14. The van der Waals surface area contributed by atoms with Crippen LogP contribution in [0.4, 0.5) is 0 Å². The molecule has 19 heavy (non-hydrogen) atoms. The Labute approximate surface area is 118 Å². The van der Waals surface area contributed by atoms with Crippen LogP contribution in [0, 0.1) is 12.8 Å². The van der Waals surface area contributed by atoms with Crippen molar-refractivity contribution < 1.29 is 4.74 Å². The zero-order chi connectivity index (χ0) is 13.8. The van der Waals surface area contributed by atoms with Gasteiger partial charge in [0.15, 0.2) is 5.65 Å². The van der Waals surface area contributed by atoms with Crippen molar-refractivity contribution in [1.29, 1.82) is 0 Å². The van der Waals surface area contributed by atoms with Gasteiger partial charge in [0.05, 0.1) is 6.61 Å². The second kappa shape index (κ2) is 6.35. The minimum atomic E-state index is 0.416. The number of hydrogen-bond acceptors (Lipinski definition) is 3. The van der Waals surface area contributed by atoms with E-state index in [0.29, 0.717) is 11.8 Å². The lowest BCUT2D eigenvalue weighted by atomic mass is 10.2. The number of pyridine rings is 1. The second-order valence-corrected chi connectivity index (χ2v) is 5.37. The number of aryl methyl sites for hydroxylation is 2. The lowest BCUT2D eigenvalue weighted by Crippen LogP contribution is -2.15. The van der Waals surface area contributed by atoms with Gasteiger partial charge in [0, 0.05) is 32.2 Å². The monoisotopic (exact) mass is 281 g/mol. The van der Waals surface area contributed by atoms with Crippen molar-refractivity contribution in [2.24, 2.45) is 5.92 Å². The van der Waals surface area contributed by atoms with Gasteiger partial charge in [-0.15, -0.1) is 11.6 Å². The smallest absolute Gasteiger partial charge is 0.160 e. The van der Waals surface area contributed by atoms with E-state index in [0.717, 1.165) is 42.1 Å². The van der Waals surface area contributed by atoms with E-state index in [1.165, 1.54) is 0 Å². The largest absolute Gasteiger partial charge is 0.384 e. The summed E-state index contributed by atoms with van der Waals surface area (Å²) < 4.78 is 7.37. The predicted octanol–water partition coefficient (Wildman–Crippen LogP) is 2.80. The van der Waals surface area contributed by atoms with Crippen LogP contribution in [0.15, 0.2) is 12.3 Å². The average Bonchev–Trinajstić information content (AvgIpc) is 2.67. The highest BCUT2D eigenvalue weighted by molar-refractivity contribution is 6.17. The number of halogens is 1. The van der Waals surface area contributed by atoms with Gasteiger partial charge < -0.3 is 9.30 Å². The molecular weight excluding hydrogens is 262 g/mol. The van der Waals surface area contributed by atoms with Crippen LogP contribution in [-0.4, -0.2) is 34.1 Å². The van der Waals surface area contributed by atoms with E-state index in [4.69, 9.17) is 16.3 Å². The molecular formula is C14H20ClN3O. The van der Waals surface area contributed by atoms with E-state index in [2.05, 4.69) is 27.5 Å². The van der Waals surface area contributed by atoms with Crippen molar-refractivity contribution in [3.63, 3.8) is 0 Å². The molecule has 1 atom stereocenters. The Bertz CT molecular complexity index is 553. The van der Waals surface area contributed by atoms with Crippen LogP contribution in [0.2, 0.25) is 0 Å². The molecule has 0 aliphatic heterocycles. The third kappa shape index (κ3) is 3.25. The van der Waals surface area contributed by atoms with Gasteiger partial charge in [-0.3, -0.25) is 0 Å². The number of hydrogen-bond donors (Lipinski definition) is 0. The van der Waals surface area contributed by atoms with Crippen molar-refractivity contribution in [1.82, 2.24) is 14.5 Å². The molecule has 104 valence electrons. The SMILES string of the molecule is COCC(C)Cn1c(CCCl)nc2cc(C)cnc21. The Morgan fingerprint density at radius 1 is 1.47 bits per heavy atom. The summed E-state index contributed by atoms with van der Waals surface area (Å²) in [7, 11) is 1.73. The molecule has 0 aliphatic rings. The molecule has 4 nitrogen and oxygen atoms in total. The van der Waals surface area contributed by atoms with Gasteiger partial charge in [-0.25, -0.2) is 9.97 Å². The molecule has 0 amide bonds. The molecule has 0 fully saturated rings. The molecule has 2 aromatic rings. The van der Waals surface area contributed by atoms with Gasteiger partial charge in [0.2, 0.25) is 0 Å². The predicted molar refractivity (Wildman–Crippen MR) is 77.7 cm³/mol. The van der Waals surface area contributed by atoms with Crippen LogP contribution in [0.25, 0.3) is 11.2 Å². The van der Waals surface area contributed by atoms with E-state index < -0.39 is 0 Å². The molecule has 2 heterocycles. The maximum atomic E-state index is 5.87. The Hall–Kier alpha value is -1.13. The summed E-state index contributed by atoms with van der Waals surface area (Å²) in [6.45, 7) is 5.77. The van der Waals surface area contributed by atoms with E-state index in [1.54, 1.807) is 7.11 Å². The summed E-state index contributed by atoms with van der Waals surface area (Å²) in [5, 5.41) is 0. The van der Waals surface area contributed by atoms with Crippen LogP contribution in [0.5, 0.6) is 0 Å². The third-order valence-electron chi connectivity index (χ3n) is 3.06. The summed E-state index contributed by atoms with van der Waals surface area (Å²) in [6, 6.07) is 2.07. The Morgan fingerprint density at radius 2 is 2.26 bits per heavy atom. The van der Waals surface area contributed by atoms with Crippen LogP contribution in [0.3, 0.4) is 0 Å². The van der Waals surface area contributed by atoms with Crippen LogP contribution in [0.1, 0.15) is 18.3 Å². The van der Waals surface area contributed by atoms with E-state index in [9.17, 15) is 0 Å². The molecule has 0 spiro atoms. The van der Waals surface area contributed by atoms with Crippen molar-refractivity contribution in [3.8, 4) is 0 Å². The first-order valence-electron chi connectivity index (χ1n) is 6.52. The molecule has 0 bridgehead atoms. The van der Waals surface area contributed by atoms with Gasteiger partial charge in [-0.2, -0.15) is 0 Å². The quantitative estimate of drug-likeness (QED) is 0.765. The fourth-order valence-corrected chi connectivity index (χ4v) is 2.44. The van der Waals surface area contributed by atoms with Crippen LogP contribution >= 0.6 is 11.6 Å². The molecule has 5 heteroatoms. The van der Waals surface area contributed by atoms with E-state index in [-0.39, 0.29) is 0 Å². The van der Waals surface area contributed by atoms with Crippen LogP contribution in [-0.2, 0) is 17.7 Å². The molecule has 0 aromatic carbocycles. The highest BCUT2D eigenvalue weighted by atomic mass is 35.5. The lowest BCUT2D eigenvalue weighted by molar-refractivity contribution is 0.151. The third-order valence-corrected chi connectivity index (χ3v) is 3.25. The number of fused-ring (bicyclic) bond motifs is 1. The zero-order valence-corrected chi connectivity index (χ0v) is 12.4. The Morgan fingerprint density at radius 3 is 2.95 bits per heavy atom. The van der Waals surface area contributed by atoms with Crippen molar-refractivity contribution >= 4 is 22.8 Å². The average molecular weight is 282 g/mol. The normalized spacial score (nSPS) is 13.1. The van der Waals surface area contributed by atoms with Crippen molar-refractivity contribution in [2.45, 2.75) is 26.8 Å². The molecule has 2 rings (SSSR count). The molecule has 2 aromatic heterocycles. The van der Waals surface area contributed by atoms with E-state index in [1.807, 2.05) is 13.1 Å². The summed E-state index contributed by atoms with van der Waals surface area (Å²) >= 11 is 5.87. The number of methoxy groups -OCH3 is 1. The van der Waals surface area contributed by atoms with E-state index >= 15 is 0 Å². The van der Waals surface area contributed by atoms with Gasteiger partial charge in [0.1, 0.15) is 11.3 Å². The summed E-state index contributed by atoms with van der Waals surface area (Å²) in [5.41, 5.74) is 3.01. The van der Waals surface area contributed by atoms with Gasteiger partial charge >= 0.3 is 0 Å². The maximum Gasteiger partial charge on any atom is 0.160 e. The summed E-state index contributed by atoms with van der Waals surface area (Å²) in [4.78, 5) is 9.16. The zero-order valence-electron chi connectivity index (χ0n) is 11.7. The fourth-order valence-electron chi connectivity index (χ4n) is 2.27. The van der Waals surface area contributed by atoms with Crippen molar-refractivity contribution in [2.75, 3.05) is 19.6 Å². The first-order chi connectivity index (χ1) is 9.15. The number of rotatable bonds is 6. The van der Waals surface area contributed by atoms with Gasteiger partial charge in [0.25, 0.3) is 0 Å². The lowest BCUT2D eigenvalue weighted by Gasteiger charge is -2.13. The number of nitrogens with zero attached hydrogens (tertiary/aromatic N) is 3. The van der Waals surface area contributed by atoms with Gasteiger partial charge in [-0.1, -0.05) is 6.92 Å². The topological polar surface area (TPSA) is 39.9 Å². The number of alkyl halides is 1. The summed E-state index contributed by atoms with van der Waals surface area (Å²) in [5.74, 6) is 1.99. The van der Waals surface area contributed by atoms with Gasteiger partial charge in [-0.05, 0) is 24.5 Å². The molecule has 0 saturated heterocycles. The molecule has 0 aliphatic carbocycles. The fraction of sp³-hybridized carbons (Fsp3) is 0.571. The highest BCUT2D eigenvalue weighted by Crippen LogP contribution is 2.18. The number of aromatic nitrogens is 3. The van der Waals surface area contributed by atoms with Crippen molar-refractivity contribution in [3.05, 3.63) is 23.7 Å². The molecule has 0 radical (unpaired) electrons. The maximum absolute atomic E-state index is 5.87. The second-order valence-electron chi connectivity index (χ2n) is 4.99. The number of imidazole rings is 1. The first-order valence-corrected chi connectivity index (χ1v) is 7.05. The molecule has 0 N–H and O–H groups in total. The molecule has 1 unspecified atom stereocenters. The first kappa shape index (κ1) is 14.3. The molecule has 0 saturated carbocycles. The number of ether oxygens (including phenoxy) is 1.